The van der Waals surface area contributed by atoms with Crippen LogP contribution in [0.3, 0.4) is 0 Å². The second-order valence-corrected chi connectivity index (χ2v) is 7.23. The molecule has 2 nitrogen and oxygen atoms in total. The van der Waals surface area contributed by atoms with Gasteiger partial charge in [0.05, 0.1) is 5.92 Å². The van der Waals surface area contributed by atoms with E-state index in [4.69, 9.17) is 0 Å². The van der Waals surface area contributed by atoms with E-state index in [0.717, 1.165) is 25.7 Å². The molecule has 1 saturated carbocycles. The van der Waals surface area contributed by atoms with Gasteiger partial charge < -0.3 is 5.11 Å². The summed E-state index contributed by atoms with van der Waals surface area (Å²) < 4.78 is 0. The number of carboxylic acid groups (broad SMARTS) is 1. The summed E-state index contributed by atoms with van der Waals surface area (Å²) in [5.74, 6) is -0.634. The molecule has 1 fully saturated rings. The predicted molar refractivity (Wildman–Crippen MR) is 89.5 cm³/mol. The summed E-state index contributed by atoms with van der Waals surface area (Å²) in [6, 6.07) is 0. The van der Waals surface area contributed by atoms with Gasteiger partial charge in [0, 0.05) is 0 Å². The molecule has 0 spiro atoms. The molecule has 124 valence electrons. The Bertz CT molecular complexity index is 263. The molecule has 0 aromatic heterocycles. The van der Waals surface area contributed by atoms with E-state index in [1.54, 1.807) is 0 Å². The number of hydrogen-bond acceptors (Lipinski definition) is 1. The molecule has 0 aromatic carbocycles. The zero-order valence-electron chi connectivity index (χ0n) is 14.3. The fourth-order valence-electron chi connectivity index (χ4n) is 3.96. The van der Waals surface area contributed by atoms with Gasteiger partial charge in [-0.25, -0.2) is 0 Å². The highest BCUT2D eigenvalue weighted by molar-refractivity contribution is 5.70. The first-order valence-corrected chi connectivity index (χ1v) is 9.36. The van der Waals surface area contributed by atoms with Crippen molar-refractivity contribution in [3.63, 3.8) is 0 Å². The maximum absolute atomic E-state index is 11.2. The first-order chi connectivity index (χ1) is 10.1. The van der Waals surface area contributed by atoms with E-state index in [1.165, 1.54) is 64.2 Å². The monoisotopic (exact) mass is 296 g/mol. The molecule has 1 aliphatic rings. The van der Waals surface area contributed by atoms with Crippen LogP contribution in [0.4, 0.5) is 0 Å². The molecule has 0 aliphatic heterocycles. The number of carbonyl (C=O) groups is 1. The number of aliphatic carboxylic acids is 1. The topological polar surface area (TPSA) is 37.3 Å². The van der Waals surface area contributed by atoms with Crippen LogP contribution in [0.1, 0.15) is 104 Å². The van der Waals surface area contributed by atoms with Crippen LogP contribution in [0.15, 0.2) is 0 Å². The van der Waals surface area contributed by atoms with Crippen LogP contribution in [0.25, 0.3) is 0 Å². The third kappa shape index (κ3) is 6.84. The normalized spacial score (nSPS) is 18.8. The average molecular weight is 296 g/mol. The van der Waals surface area contributed by atoms with Crippen molar-refractivity contribution in [3.05, 3.63) is 0 Å². The average Bonchev–Trinajstić information content (AvgIpc) is 2.49. The Hall–Kier alpha value is -0.530. The predicted octanol–water partition coefficient (Wildman–Crippen LogP) is 6.19. The number of hydrogen-bond donors (Lipinski definition) is 1. The highest BCUT2D eigenvalue weighted by atomic mass is 16.4. The van der Waals surface area contributed by atoms with E-state index in [0.29, 0.717) is 5.41 Å². The highest BCUT2D eigenvalue weighted by Gasteiger charge is 2.36. The second-order valence-electron chi connectivity index (χ2n) is 7.23. The van der Waals surface area contributed by atoms with Crippen LogP contribution in [-0.2, 0) is 4.79 Å². The molecule has 0 bridgehead atoms. The molecule has 1 aliphatic carbocycles. The molecule has 1 rings (SSSR count). The minimum absolute atomic E-state index is 0.0654. The van der Waals surface area contributed by atoms with Crippen LogP contribution in [0.5, 0.6) is 0 Å². The van der Waals surface area contributed by atoms with Crippen molar-refractivity contribution in [3.8, 4) is 0 Å². The van der Waals surface area contributed by atoms with Gasteiger partial charge in [-0.2, -0.15) is 0 Å². The van der Waals surface area contributed by atoms with Gasteiger partial charge in [-0.1, -0.05) is 65.2 Å². The first-order valence-electron chi connectivity index (χ1n) is 9.36. The third-order valence-corrected chi connectivity index (χ3v) is 5.52. The lowest BCUT2D eigenvalue weighted by atomic mass is 9.65. The minimum Gasteiger partial charge on any atom is -0.481 e. The lowest BCUT2D eigenvalue weighted by molar-refractivity contribution is -0.143. The van der Waals surface area contributed by atoms with Crippen molar-refractivity contribution in [1.29, 1.82) is 0 Å². The van der Waals surface area contributed by atoms with Crippen molar-refractivity contribution >= 4 is 5.97 Å². The standard InChI is InChI=1S/C19H36O2/c1-3-5-7-9-13-19(14-10-8-6-4-2)15-11-17(12-16-19)18(20)21/h17H,3-16H2,1-2H3,(H,20,21). The molecular formula is C19H36O2. The van der Waals surface area contributed by atoms with Gasteiger partial charge in [-0.15, -0.1) is 0 Å². The Balaban J connectivity index is 2.44. The zero-order chi connectivity index (χ0) is 15.6. The lowest BCUT2D eigenvalue weighted by Gasteiger charge is -2.40. The summed E-state index contributed by atoms with van der Waals surface area (Å²) in [6.07, 6.45) is 17.5. The van der Waals surface area contributed by atoms with Gasteiger partial charge in [0.15, 0.2) is 0 Å². The third-order valence-electron chi connectivity index (χ3n) is 5.52. The van der Waals surface area contributed by atoms with Gasteiger partial charge in [0.25, 0.3) is 0 Å². The van der Waals surface area contributed by atoms with Crippen LogP contribution in [0, 0.1) is 11.3 Å². The summed E-state index contributed by atoms with van der Waals surface area (Å²) in [4.78, 5) is 11.2. The van der Waals surface area contributed by atoms with Gasteiger partial charge in [0.2, 0.25) is 0 Å². The summed E-state index contributed by atoms with van der Waals surface area (Å²) in [6.45, 7) is 4.52. The van der Waals surface area contributed by atoms with Crippen LogP contribution < -0.4 is 0 Å². The molecule has 21 heavy (non-hydrogen) atoms. The fraction of sp³-hybridized carbons (Fsp3) is 0.947. The van der Waals surface area contributed by atoms with Crippen molar-refractivity contribution < 1.29 is 9.90 Å². The van der Waals surface area contributed by atoms with Gasteiger partial charge >= 0.3 is 5.97 Å². The summed E-state index contributed by atoms with van der Waals surface area (Å²) in [5, 5.41) is 9.20. The van der Waals surface area contributed by atoms with E-state index in [1.807, 2.05) is 0 Å². The molecule has 0 aromatic rings. The Labute approximate surface area is 131 Å². The Morgan fingerprint density at radius 3 is 1.76 bits per heavy atom. The first kappa shape index (κ1) is 18.5. The van der Waals surface area contributed by atoms with Crippen LogP contribution in [-0.4, -0.2) is 11.1 Å². The Kier molecular flexibility index (Phi) is 9.03. The molecule has 0 radical (unpaired) electrons. The Morgan fingerprint density at radius 2 is 1.38 bits per heavy atom. The van der Waals surface area contributed by atoms with E-state index >= 15 is 0 Å². The van der Waals surface area contributed by atoms with Gasteiger partial charge in [-0.05, 0) is 43.9 Å². The molecule has 2 heteroatoms. The Morgan fingerprint density at radius 1 is 0.905 bits per heavy atom. The van der Waals surface area contributed by atoms with E-state index in [-0.39, 0.29) is 5.92 Å². The van der Waals surface area contributed by atoms with Crippen LogP contribution >= 0.6 is 0 Å². The van der Waals surface area contributed by atoms with Crippen molar-refractivity contribution in [2.75, 3.05) is 0 Å². The number of carboxylic acids is 1. The number of rotatable bonds is 11. The SMILES string of the molecule is CCCCCCC1(CCCCCC)CCC(C(=O)O)CC1. The minimum atomic E-state index is -0.569. The molecule has 1 N–H and O–H groups in total. The summed E-state index contributed by atoms with van der Waals surface area (Å²) in [5.41, 5.74) is 0.480. The number of unbranched alkanes of at least 4 members (excludes halogenated alkanes) is 6. The van der Waals surface area contributed by atoms with Crippen LogP contribution in [0.2, 0.25) is 0 Å². The molecular weight excluding hydrogens is 260 g/mol. The quantitative estimate of drug-likeness (QED) is 0.462. The molecule has 0 unspecified atom stereocenters. The molecule has 0 heterocycles. The molecule has 0 atom stereocenters. The smallest absolute Gasteiger partial charge is 0.306 e. The second kappa shape index (κ2) is 10.2. The molecule has 0 amide bonds. The van der Waals surface area contributed by atoms with Gasteiger partial charge in [0.1, 0.15) is 0 Å². The highest BCUT2D eigenvalue weighted by Crippen LogP contribution is 2.46. The maximum atomic E-state index is 11.2. The zero-order valence-corrected chi connectivity index (χ0v) is 14.3. The summed E-state index contributed by atoms with van der Waals surface area (Å²) in [7, 11) is 0. The summed E-state index contributed by atoms with van der Waals surface area (Å²) >= 11 is 0. The maximum Gasteiger partial charge on any atom is 0.306 e. The van der Waals surface area contributed by atoms with E-state index < -0.39 is 5.97 Å². The van der Waals surface area contributed by atoms with Crippen molar-refractivity contribution in [2.45, 2.75) is 104 Å². The van der Waals surface area contributed by atoms with E-state index in [2.05, 4.69) is 13.8 Å². The van der Waals surface area contributed by atoms with Crippen molar-refractivity contribution in [2.24, 2.45) is 11.3 Å². The lowest BCUT2D eigenvalue weighted by Crippen LogP contribution is -2.30. The van der Waals surface area contributed by atoms with Gasteiger partial charge in [-0.3, -0.25) is 4.79 Å². The fourth-order valence-corrected chi connectivity index (χ4v) is 3.96. The van der Waals surface area contributed by atoms with E-state index in [9.17, 15) is 9.90 Å². The largest absolute Gasteiger partial charge is 0.481 e. The molecule has 0 saturated heterocycles. The van der Waals surface area contributed by atoms with Crippen molar-refractivity contribution in [1.82, 2.24) is 0 Å².